The molecule has 0 saturated carbocycles. The second-order valence-electron chi connectivity index (χ2n) is 5.74. The molecule has 144 valence electrons. The average molecular weight is 494 g/mol. The Morgan fingerprint density at radius 1 is 0.435 bits per heavy atom. The molecule has 0 heterocycles. The Morgan fingerprint density at radius 2 is 0.652 bits per heavy atom. The predicted octanol–water partition coefficient (Wildman–Crippen LogP) is 7.55. The molecule has 2 N–H and O–H groups in total. The first kappa shape index (κ1) is 35.0. The third-order valence-corrected chi connectivity index (χ3v) is 3.31. The van der Waals surface area contributed by atoms with Gasteiger partial charge in [0, 0.05) is 25.8 Å². The predicted molar refractivity (Wildman–Crippen MR) is 106 cm³/mol. The zero-order valence-corrected chi connectivity index (χ0v) is 20.3. The maximum absolute atomic E-state index is 3.76. The molecule has 0 spiro atoms. The largest absolute Gasteiger partial charge is 0.412 e. The Labute approximate surface area is 168 Å². The second-order valence-corrected chi connectivity index (χ2v) is 5.74. The van der Waals surface area contributed by atoms with Crippen LogP contribution in [0.4, 0.5) is 0 Å². The van der Waals surface area contributed by atoms with Gasteiger partial charge in [-0.15, -0.1) is 0 Å². The summed E-state index contributed by atoms with van der Waals surface area (Å²) in [5.41, 5.74) is 0. The van der Waals surface area contributed by atoms with Gasteiger partial charge in [-0.05, 0) is 0 Å². The summed E-state index contributed by atoms with van der Waals surface area (Å²) in [5, 5.41) is 0. The molecule has 0 aliphatic heterocycles. The molecule has 0 rings (SSSR count). The van der Waals surface area contributed by atoms with Gasteiger partial charge in [0.2, 0.25) is 0 Å². The first-order chi connectivity index (χ1) is 10.2. The summed E-state index contributed by atoms with van der Waals surface area (Å²) in [6, 6.07) is 0. The summed E-state index contributed by atoms with van der Waals surface area (Å²) in [4.78, 5) is 0. The van der Waals surface area contributed by atoms with E-state index in [1.54, 1.807) is 0 Å². The van der Waals surface area contributed by atoms with Gasteiger partial charge in [-0.1, -0.05) is 97.8 Å². The van der Waals surface area contributed by atoms with Crippen molar-refractivity contribution in [2.45, 2.75) is 117 Å². The van der Waals surface area contributed by atoms with E-state index in [1.165, 1.54) is 77.0 Å². The Bertz CT molecular complexity index is 93.2. The van der Waals surface area contributed by atoms with E-state index < -0.39 is 0 Å². The molecule has 1 nitrogen and oxygen atoms in total. The van der Waals surface area contributed by atoms with Crippen LogP contribution in [0, 0.1) is 20.8 Å². The summed E-state index contributed by atoms with van der Waals surface area (Å²) in [7, 11) is 0. The van der Waals surface area contributed by atoms with Crippen molar-refractivity contribution in [3.05, 3.63) is 20.8 Å². The summed E-state index contributed by atoms with van der Waals surface area (Å²) in [5.74, 6) is 0. The van der Waals surface area contributed by atoms with E-state index in [0.717, 1.165) is 19.3 Å². The monoisotopic (exact) mass is 495 g/mol. The third-order valence-electron chi connectivity index (χ3n) is 3.31. The van der Waals surface area contributed by atoms with Crippen molar-refractivity contribution in [2.75, 3.05) is 0 Å². The van der Waals surface area contributed by atoms with Crippen molar-refractivity contribution in [3.8, 4) is 0 Å². The van der Waals surface area contributed by atoms with Gasteiger partial charge < -0.3 is 26.2 Å². The van der Waals surface area contributed by atoms with Gasteiger partial charge in [0.1, 0.15) is 0 Å². The number of hydrogen-bond acceptors (Lipinski definition) is 0. The van der Waals surface area contributed by atoms with Crippen LogP contribution >= 0.6 is 0 Å². The molecule has 2 heteroatoms. The third kappa shape index (κ3) is 60.2. The number of hydrogen-bond donors (Lipinski definition) is 0. The Hall–Kier alpha value is 0.830. The van der Waals surface area contributed by atoms with Gasteiger partial charge in [0.25, 0.3) is 0 Å². The van der Waals surface area contributed by atoms with Crippen LogP contribution < -0.4 is 0 Å². The topological polar surface area (TPSA) is 31.5 Å². The minimum Gasteiger partial charge on any atom is -0.412 e. The normalized spacial score (nSPS) is 8.61. The van der Waals surface area contributed by atoms with Crippen molar-refractivity contribution < 1.29 is 31.3 Å². The average Bonchev–Trinajstić information content (AvgIpc) is 2.50. The summed E-state index contributed by atoms with van der Waals surface area (Å²) in [6.07, 6.45) is 19.6. The summed E-state index contributed by atoms with van der Waals surface area (Å²) >= 11 is 0. The molecule has 0 aliphatic rings. The Kier molecular flexibility index (Phi) is 66.1. The van der Waals surface area contributed by atoms with Crippen molar-refractivity contribution in [1.82, 2.24) is 0 Å². The van der Waals surface area contributed by atoms with E-state index in [0.29, 0.717) is 0 Å². The smallest absolute Gasteiger partial charge is 0 e. The molecule has 0 unspecified atom stereocenters. The molecular formula is C21H47HfO-3. The van der Waals surface area contributed by atoms with Crippen LogP contribution in [0.2, 0.25) is 0 Å². The Morgan fingerprint density at radius 3 is 0.783 bits per heavy atom. The zero-order chi connectivity index (χ0) is 16.6. The SMILES string of the molecule is O.[CH2-]CCCCCC.[CH2-]CCCCCC.[CH2-]CCCCCC.[Hf]. The molecule has 0 aromatic heterocycles. The van der Waals surface area contributed by atoms with E-state index in [4.69, 9.17) is 0 Å². The molecular weight excluding hydrogens is 447 g/mol. The summed E-state index contributed by atoms with van der Waals surface area (Å²) in [6.45, 7) is 17.9. The molecule has 0 amide bonds. The number of unbranched alkanes of at least 4 members (excludes halogenated alkanes) is 12. The molecule has 0 aliphatic carbocycles. The fraction of sp³-hybridized carbons (Fsp3) is 0.857. The van der Waals surface area contributed by atoms with Crippen LogP contribution in [0.25, 0.3) is 0 Å². The van der Waals surface area contributed by atoms with E-state index in [9.17, 15) is 0 Å². The minimum atomic E-state index is 0. The van der Waals surface area contributed by atoms with E-state index >= 15 is 0 Å². The van der Waals surface area contributed by atoms with Crippen LogP contribution in [-0.2, 0) is 25.8 Å². The van der Waals surface area contributed by atoms with Gasteiger partial charge in [-0.25, -0.2) is 0 Å². The van der Waals surface area contributed by atoms with Crippen molar-refractivity contribution in [2.24, 2.45) is 0 Å². The zero-order valence-electron chi connectivity index (χ0n) is 16.7. The van der Waals surface area contributed by atoms with Gasteiger partial charge in [-0.3, -0.25) is 0 Å². The van der Waals surface area contributed by atoms with E-state index in [1.807, 2.05) is 0 Å². The standard InChI is InChI=1S/3C7H15.Hf.H2O/c3*1-3-5-7-6-4-2;;/h3*1,3-7H2,2H3;;1H2/q3*-1;;. The van der Waals surface area contributed by atoms with Crippen LogP contribution in [-0.4, -0.2) is 5.48 Å². The summed E-state index contributed by atoms with van der Waals surface area (Å²) < 4.78 is 0. The van der Waals surface area contributed by atoms with Crippen molar-refractivity contribution in [1.29, 1.82) is 0 Å². The first-order valence-corrected chi connectivity index (χ1v) is 9.62. The van der Waals surface area contributed by atoms with Crippen molar-refractivity contribution in [3.63, 3.8) is 0 Å². The molecule has 0 aromatic carbocycles. The molecule has 0 atom stereocenters. The minimum absolute atomic E-state index is 0. The van der Waals surface area contributed by atoms with Crippen LogP contribution in [0.1, 0.15) is 117 Å². The van der Waals surface area contributed by atoms with Gasteiger partial charge in [-0.2, -0.15) is 19.3 Å². The Balaban J connectivity index is -0.0000000675. The van der Waals surface area contributed by atoms with E-state index in [2.05, 4.69) is 41.5 Å². The maximum Gasteiger partial charge on any atom is 0 e. The molecule has 0 radical (unpaired) electrons. The van der Waals surface area contributed by atoms with Gasteiger partial charge >= 0.3 is 0 Å². The van der Waals surface area contributed by atoms with Gasteiger partial charge in [0.15, 0.2) is 0 Å². The van der Waals surface area contributed by atoms with E-state index in [-0.39, 0.29) is 31.3 Å². The van der Waals surface area contributed by atoms with Crippen LogP contribution in [0.5, 0.6) is 0 Å². The van der Waals surface area contributed by atoms with Gasteiger partial charge in [0.05, 0.1) is 0 Å². The molecule has 0 fully saturated rings. The van der Waals surface area contributed by atoms with Crippen LogP contribution in [0.15, 0.2) is 0 Å². The fourth-order valence-electron chi connectivity index (χ4n) is 1.81. The molecule has 0 aromatic rings. The maximum atomic E-state index is 3.76. The second kappa shape index (κ2) is 43.4. The molecule has 23 heavy (non-hydrogen) atoms. The molecule has 0 saturated heterocycles. The number of rotatable bonds is 12. The quantitative estimate of drug-likeness (QED) is 0.153. The first-order valence-electron chi connectivity index (χ1n) is 9.62. The molecule has 0 bridgehead atoms. The van der Waals surface area contributed by atoms with Crippen LogP contribution in [0.3, 0.4) is 0 Å². The fourth-order valence-corrected chi connectivity index (χ4v) is 1.81. The van der Waals surface area contributed by atoms with Crippen molar-refractivity contribution >= 4 is 0 Å².